The number of aliphatic imine (C=N–C) groups is 1. The standard InChI is InChI=1S/C15H15N6O3S/c1-9-13(25-14(19-9)11-4-3-5-16-6-11)10(2)20-24-15-17-7-12(8-18-15)21(22)23/h3-8,15,17H,1-2H3,(H,22,23)/q+1/b20-10+. The molecule has 1 aliphatic heterocycles. The molecule has 0 saturated heterocycles. The molecule has 0 spiro atoms. The molecule has 2 N–H and O–H groups in total. The van der Waals surface area contributed by atoms with E-state index in [1.54, 1.807) is 12.4 Å². The molecule has 3 heterocycles. The Morgan fingerprint density at radius 1 is 1.52 bits per heavy atom. The second-order valence-corrected chi connectivity index (χ2v) is 6.10. The van der Waals surface area contributed by atoms with Gasteiger partial charge in [0.15, 0.2) is 0 Å². The van der Waals surface area contributed by atoms with Crippen molar-refractivity contribution in [1.82, 2.24) is 15.3 Å². The summed E-state index contributed by atoms with van der Waals surface area (Å²) < 4.78 is 0. The van der Waals surface area contributed by atoms with E-state index in [0.717, 1.165) is 21.1 Å². The molecule has 0 aromatic carbocycles. The van der Waals surface area contributed by atoms with E-state index in [1.807, 2.05) is 26.0 Å². The number of allylic oxidation sites excluding steroid dienone is 1. The van der Waals surface area contributed by atoms with Gasteiger partial charge in [-0.2, -0.15) is 0 Å². The zero-order valence-corrected chi connectivity index (χ0v) is 14.3. The molecule has 0 radical (unpaired) electrons. The van der Waals surface area contributed by atoms with Gasteiger partial charge in [-0.1, -0.05) is 5.16 Å². The normalized spacial score (nSPS) is 17.0. The molecule has 0 bridgehead atoms. The predicted molar refractivity (Wildman–Crippen MR) is 92.3 cm³/mol. The number of hydrogen-bond acceptors (Lipinski definition) is 8. The van der Waals surface area contributed by atoms with E-state index in [0.29, 0.717) is 5.71 Å². The second-order valence-electron chi connectivity index (χ2n) is 5.10. The van der Waals surface area contributed by atoms with Crippen molar-refractivity contribution in [2.45, 2.75) is 20.2 Å². The summed E-state index contributed by atoms with van der Waals surface area (Å²) in [4.78, 5) is 29.2. The fourth-order valence-electron chi connectivity index (χ4n) is 2.06. The number of thiazole rings is 1. The summed E-state index contributed by atoms with van der Waals surface area (Å²) in [5.74, 6) is 0. The molecule has 0 fully saturated rings. The summed E-state index contributed by atoms with van der Waals surface area (Å²) in [5.41, 5.74) is 2.42. The highest BCUT2D eigenvalue weighted by Crippen LogP contribution is 2.27. The summed E-state index contributed by atoms with van der Waals surface area (Å²) >= 11 is 1.50. The van der Waals surface area contributed by atoms with Gasteiger partial charge in [0.2, 0.25) is 0 Å². The number of aromatic nitrogens is 2. The van der Waals surface area contributed by atoms with Crippen LogP contribution in [0.15, 0.2) is 46.6 Å². The van der Waals surface area contributed by atoms with Crippen LogP contribution in [0.5, 0.6) is 0 Å². The fourth-order valence-corrected chi connectivity index (χ4v) is 3.05. The maximum Gasteiger partial charge on any atom is 0.349 e. The average molecular weight is 359 g/mol. The molecule has 128 valence electrons. The second kappa shape index (κ2) is 7.18. The Balaban J connectivity index is 1.70. The number of oxime groups is 1. The van der Waals surface area contributed by atoms with Crippen molar-refractivity contribution in [2.24, 2.45) is 10.1 Å². The Morgan fingerprint density at radius 2 is 2.36 bits per heavy atom. The van der Waals surface area contributed by atoms with E-state index >= 15 is 0 Å². The molecular formula is C15H15N6O3S+. The molecule has 0 saturated carbocycles. The number of rotatable bonds is 5. The van der Waals surface area contributed by atoms with Crippen LogP contribution in [0.3, 0.4) is 0 Å². The lowest BCUT2D eigenvalue weighted by Crippen LogP contribution is -2.29. The maximum atomic E-state index is 10.7. The van der Waals surface area contributed by atoms with Crippen LogP contribution in [-0.2, 0) is 4.84 Å². The van der Waals surface area contributed by atoms with Gasteiger partial charge in [-0.3, -0.25) is 4.98 Å². The van der Waals surface area contributed by atoms with E-state index < -0.39 is 6.35 Å². The number of hydrogen-bond donors (Lipinski definition) is 2. The van der Waals surface area contributed by atoms with Crippen molar-refractivity contribution in [3.05, 3.63) is 51.9 Å². The monoisotopic (exact) mass is 359 g/mol. The van der Waals surface area contributed by atoms with Gasteiger partial charge >= 0.3 is 5.70 Å². The number of nitrogens with one attached hydrogen (secondary N) is 1. The fraction of sp³-hybridized carbons (Fsp3) is 0.200. The van der Waals surface area contributed by atoms with E-state index in [9.17, 15) is 4.91 Å². The van der Waals surface area contributed by atoms with Gasteiger partial charge in [-0.05, 0) is 26.0 Å². The lowest BCUT2D eigenvalue weighted by Gasteiger charge is -2.12. The zero-order valence-electron chi connectivity index (χ0n) is 13.4. The lowest BCUT2D eigenvalue weighted by atomic mass is 10.3. The average Bonchev–Trinajstić information content (AvgIpc) is 3.02. The first kappa shape index (κ1) is 16.7. The van der Waals surface area contributed by atoms with Gasteiger partial charge in [0.25, 0.3) is 11.3 Å². The van der Waals surface area contributed by atoms with Gasteiger partial charge in [0.1, 0.15) is 11.2 Å². The first-order valence-corrected chi connectivity index (χ1v) is 8.10. The van der Waals surface area contributed by atoms with Crippen molar-refractivity contribution in [3.8, 4) is 10.6 Å². The highest BCUT2D eigenvalue weighted by Gasteiger charge is 2.20. The van der Waals surface area contributed by atoms with Gasteiger partial charge in [0, 0.05) is 18.0 Å². The molecule has 9 nitrogen and oxygen atoms in total. The quantitative estimate of drug-likeness (QED) is 0.625. The minimum absolute atomic E-state index is 0.0278. The minimum Gasteiger partial charge on any atom is -0.346 e. The smallest absolute Gasteiger partial charge is 0.346 e. The molecule has 2 aromatic rings. The molecule has 1 atom stereocenters. The lowest BCUT2D eigenvalue weighted by molar-refractivity contribution is -0.749. The summed E-state index contributed by atoms with van der Waals surface area (Å²) in [7, 11) is 0. The predicted octanol–water partition coefficient (Wildman–Crippen LogP) is 2.22. The van der Waals surface area contributed by atoms with Crippen molar-refractivity contribution in [2.75, 3.05) is 0 Å². The molecule has 25 heavy (non-hydrogen) atoms. The van der Waals surface area contributed by atoms with Crippen molar-refractivity contribution >= 4 is 23.3 Å². The number of aryl methyl sites for hydroxylation is 1. The van der Waals surface area contributed by atoms with E-state index in [2.05, 4.69) is 25.4 Å². The number of nitrogens with zero attached hydrogens (tertiary/aromatic N) is 5. The molecule has 1 aliphatic rings. The summed E-state index contributed by atoms with van der Waals surface area (Å²) in [6.45, 7) is 3.72. The molecule has 10 heteroatoms. The summed E-state index contributed by atoms with van der Waals surface area (Å²) in [6, 6.07) is 3.81. The minimum atomic E-state index is -0.773. The highest BCUT2D eigenvalue weighted by molar-refractivity contribution is 7.17. The molecule has 0 amide bonds. The van der Waals surface area contributed by atoms with Crippen LogP contribution in [0.2, 0.25) is 0 Å². The third kappa shape index (κ3) is 3.86. The highest BCUT2D eigenvalue weighted by atomic mass is 32.1. The molecule has 0 aliphatic carbocycles. The van der Waals surface area contributed by atoms with Crippen molar-refractivity contribution < 1.29 is 15.0 Å². The molecule has 2 aromatic heterocycles. The third-order valence-electron chi connectivity index (χ3n) is 3.26. The Kier molecular flexibility index (Phi) is 4.80. The molecule has 1 unspecified atom stereocenters. The first-order chi connectivity index (χ1) is 12.0. The van der Waals surface area contributed by atoms with Crippen LogP contribution in [0.25, 0.3) is 10.6 Å². The number of pyridine rings is 1. The summed E-state index contributed by atoms with van der Waals surface area (Å²) in [5, 5.41) is 16.4. The van der Waals surface area contributed by atoms with Crippen LogP contribution < -0.4 is 5.32 Å². The largest absolute Gasteiger partial charge is 0.349 e. The topological polar surface area (TPSA) is 112 Å². The van der Waals surface area contributed by atoms with Crippen molar-refractivity contribution in [3.63, 3.8) is 0 Å². The van der Waals surface area contributed by atoms with Gasteiger partial charge in [-0.15, -0.1) is 11.3 Å². The SMILES string of the molecule is C/C(=N\OC1N=CC([N+](=O)O)=CN1)c1sc(-c2cccnc2)nc1C. The van der Waals surface area contributed by atoms with Gasteiger partial charge in [-0.25, -0.2) is 15.2 Å². The van der Waals surface area contributed by atoms with Gasteiger partial charge < -0.3 is 10.2 Å². The molecular weight excluding hydrogens is 344 g/mol. The molecule has 3 rings (SSSR count). The maximum absolute atomic E-state index is 10.7. The van der Waals surface area contributed by atoms with Crippen molar-refractivity contribution in [1.29, 1.82) is 0 Å². The third-order valence-corrected chi connectivity index (χ3v) is 4.58. The van der Waals surface area contributed by atoms with Gasteiger partial charge in [0.05, 0.1) is 27.4 Å². The van der Waals surface area contributed by atoms with E-state index in [1.165, 1.54) is 23.8 Å². The Morgan fingerprint density at radius 3 is 3.00 bits per heavy atom. The van der Waals surface area contributed by atoms with Crippen LogP contribution in [0.4, 0.5) is 0 Å². The Hall–Kier alpha value is -3.14. The van der Waals surface area contributed by atoms with E-state index in [-0.39, 0.29) is 10.6 Å². The Labute approximate surface area is 146 Å². The zero-order chi connectivity index (χ0) is 17.8. The van der Waals surface area contributed by atoms with E-state index in [4.69, 9.17) is 10.0 Å². The van der Waals surface area contributed by atoms with Crippen LogP contribution in [-0.4, -0.2) is 38.4 Å². The first-order valence-electron chi connectivity index (χ1n) is 7.29. The van der Waals surface area contributed by atoms with Crippen LogP contribution in [0.1, 0.15) is 17.5 Å². The van der Waals surface area contributed by atoms with Crippen LogP contribution >= 0.6 is 11.3 Å². The summed E-state index contributed by atoms with van der Waals surface area (Å²) in [6.07, 6.45) is 5.18. The van der Waals surface area contributed by atoms with Crippen LogP contribution in [0, 0.1) is 11.8 Å². The Bertz CT molecular complexity index is 875.